The number of hydrogen-bond donors (Lipinski definition) is 0. The fraction of sp³-hybridized carbons (Fsp3) is 0.0400. The number of aryl methyl sites for hydroxylation is 2. The third-order valence-electron chi connectivity index (χ3n) is 10.1. The zero-order valence-electron chi connectivity index (χ0n) is 29.8. The second kappa shape index (κ2) is 13.7. The van der Waals surface area contributed by atoms with Crippen LogP contribution < -0.4 is 9.80 Å². The van der Waals surface area contributed by atoms with Crippen LogP contribution in [0.3, 0.4) is 0 Å². The van der Waals surface area contributed by atoms with E-state index < -0.39 is 0 Å². The van der Waals surface area contributed by atoms with E-state index in [0.29, 0.717) is 0 Å². The van der Waals surface area contributed by atoms with Crippen LogP contribution in [0.15, 0.2) is 199 Å². The minimum atomic E-state index is 0.822. The molecule has 53 heavy (non-hydrogen) atoms. The highest BCUT2D eigenvalue weighted by molar-refractivity contribution is 6.16. The predicted molar refractivity (Wildman–Crippen MR) is 223 cm³/mol. The fourth-order valence-corrected chi connectivity index (χ4v) is 7.55. The maximum absolute atomic E-state index is 6.27. The number of nitrogens with zero attached hydrogens (tertiary/aromatic N) is 2. The molecule has 3 heteroatoms. The van der Waals surface area contributed by atoms with E-state index in [2.05, 4.69) is 206 Å². The van der Waals surface area contributed by atoms with Crippen molar-refractivity contribution in [2.45, 2.75) is 13.8 Å². The summed E-state index contributed by atoms with van der Waals surface area (Å²) in [5.41, 5.74) is 12.4. The molecule has 0 saturated carbocycles. The van der Waals surface area contributed by atoms with Crippen LogP contribution in [0.5, 0.6) is 0 Å². The van der Waals surface area contributed by atoms with E-state index in [1.807, 2.05) is 6.07 Å². The lowest BCUT2D eigenvalue weighted by molar-refractivity contribution is 0.582. The Hall–Kier alpha value is -6.84. The normalized spacial score (nSPS) is 11.2. The molecule has 0 aliphatic rings. The molecule has 9 rings (SSSR count). The van der Waals surface area contributed by atoms with Crippen molar-refractivity contribution < 1.29 is 4.42 Å². The van der Waals surface area contributed by atoms with E-state index >= 15 is 0 Å². The number of fused-ring (bicyclic) bond motifs is 2. The van der Waals surface area contributed by atoms with Gasteiger partial charge in [0.1, 0.15) is 5.76 Å². The van der Waals surface area contributed by atoms with E-state index in [1.54, 1.807) is 6.26 Å². The van der Waals surface area contributed by atoms with Gasteiger partial charge in [0.2, 0.25) is 0 Å². The standard InChI is InChI=1S/C50H38N2O/c1-35-23-27-39(28-24-35)51(37-14-5-3-6-15-37)47-32-31-45(41-18-9-10-19-42(41)47)50-44-21-12-11-20-43(44)48(34-46(50)49-22-13-33-53-49)52(38-16-7-4-8-17-38)40-29-25-36(2)26-30-40/h3-34H,1-2H3. The van der Waals surface area contributed by atoms with Crippen LogP contribution in [0.4, 0.5) is 34.1 Å². The Bertz CT molecular complexity index is 2660. The van der Waals surface area contributed by atoms with E-state index in [9.17, 15) is 0 Å². The summed E-state index contributed by atoms with van der Waals surface area (Å²) in [6.45, 7) is 4.26. The molecule has 9 aromatic rings. The lowest BCUT2D eigenvalue weighted by Crippen LogP contribution is -2.11. The SMILES string of the molecule is Cc1ccc(N(c2ccccc2)c2ccc(-c3c(-c4ccco4)cc(N(c4ccccc4)c4ccc(C)cc4)c4ccccc34)c3ccccc23)cc1. The molecule has 0 saturated heterocycles. The van der Waals surface area contributed by atoms with E-state index in [-0.39, 0.29) is 0 Å². The molecule has 0 aliphatic heterocycles. The molecule has 0 atom stereocenters. The number of para-hydroxylation sites is 2. The van der Waals surface area contributed by atoms with E-state index in [0.717, 1.165) is 67.3 Å². The minimum absolute atomic E-state index is 0.822. The molecule has 0 aliphatic carbocycles. The highest BCUT2D eigenvalue weighted by atomic mass is 16.3. The summed E-state index contributed by atoms with van der Waals surface area (Å²) in [5.74, 6) is 0.822. The lowest BCUT2D eigenvalue weighted by atomic mass is 9.87. The molecule has 0 radical (unpaired) electrons. The average molecular weight is 683 g/mol. The first-order chi connectivity index (χ1) is 26.1. The third-order valence-corrected chi connectivity index (χ3v) is 10.1. The first kappa shape index (κ1) is 32.1. The van der Waals surface area contributed by atoms with Gasteiger partial charge in [0, 0.05) is 44.6 Å². The lowest BCUT2D eigenvalue weighted by Gasteiger charge is -2.29. The van der Waals surface area contributed by atoms with Crippen molar-refractivity contribution in [3.05, 3.63) is 205 Å². The maximum Gasteiger partial charge on any atom is 0.134 e. The molecule has 1 aromatic heterocycles. The van der Waals surface area contributed by atoms with Gasteiger partial charge in [0.05, 0.1) is 17.6 Å². The van der Waals surface area contributed by atoms with Crippen molar-refractivity contribution in [2.24, 2.45) is 0 Å². The van der Waals surface area contributed by atoms with E-state index in [1.165, 1.54) is 21.9 Å². The fourth-order valence-electron chi connectivity index (χ4n) is 7.55. The van der Waals surface area contributed by atoms with Gasteiger partial charge in [-0.15, -0.1) is 0 Å². The van der Waals surface area contributed by atoms with Gasteiger partial charge in [-0.25, -0.2) is 0 Å². The Balaban J connectivity index is 1.33. The van der Waals surface area contributed by atoms with Crippen molar-refractivity contribution in [2.75, 3.05) is 9.80 Å². The molecule has 0 bridgehead atoms. The van der Waals surface area contributed by atoms with Crippen molar-refractivity contribution >= 4 is 55.7 Å². The van der Waals surface area contributed by atoms with Crippen molar-refractivity contribution in [1.29, 1.82) is 0 Å². The van der Waals surface area contributed by atoms with Crippen LogP contribution in [0.25, 0.3) is 44.0 Å². The summed E-state index contributed by atoms with van der Waals surface area (Å²) in [7, 11) is 0. The number of anilines is 6. The van der Waals surface area contributed by atoms with Crippen LogP contribution in [-0.2, 0) is 0 Å². The molecule has 0 unspecified atom stereocenters. The summed E-state index contributed by atoms with van der Waals surface area (Å²) < 4.78 is 6.27. The molecule has 3 nitrogen and oxygen atoms in total. The van der Waals surface area contributed by atoms with Crippen LogP contribution >= 0.6 is 0 Å². The van der Waals surface area contributed by atoms with Crippen LogP contribution in [0, 0.1) is 13.8 Å². The second-order valence-corrected chi connectivity index (χ2v) is 13.5. The van der Waals surface area contributed by atoms with Crippen molar-refractivity contribution in [3.63, 3.8) is 0 Å². The molecule has 8 aromatic carbocycles. The van der Waals surface area contributed by atoms with Crippen molar-refractivity contribution in [3.8, 4) is 22.5 Å². The molecule has 1 heterocycles. The monoisotopic (exact) mass is 682 g/mol. The molecular weight excluding hydrogens is 645 g/mol. The first-order valence-electron chi connectivity index (χ1n) is 18.1. The minimum Gasteiger partial charge on any atom is -0.464 e. The second-order valence-electron chi connectivity index (χ2n) is 13.5. The predicted octanol–water partition coefficient (Wildman–Crippen LogP) is 14.5. The topological polar surface area (TPSA) is 19.6 Å². The Kier molecular flexibility index (Phi) is 8.30. The Morgan fingerprint density at radius 1 is 0.358 bits per heavy atom. The Morgan fingerprint density at radius 2 is 0.830 bits per heavy atom. The number of rotatable bonds is 8. The maximum atomic E-state index is 6.27. The molecule has 0 spiro atoms. The number of hydrogen-bond acceptors (Lipinski definition) is 3. The summed E-state index contributed by atoms with van der Waals surface area (Å²) >= 11 is 0. The van der Waals surface area contributed by atoms with Gasteiger partial charge in [-0.05, 0) is 103 Å². The first-order valence-corrected chi connectivity index (χ1v) is 18.1. The quantitative estimate of drug-likeness (QED) is 0.159. The molecule has 0 amide bonds. The molecule has 0 fully saturated rings. The van der Waals surface area contributed by atoms with Gasteiger partial charge >= 0.3 is 0 Å². The Morgan fingerprint density at radius 3 is 1.38 bits per heavy atom. The highest BCUT2D eigenvalue weighted by Gasteiger charge is 2.24. The van der Waals surface area contributed by atoms with E-state index in [4.69, 9.17) is 4.42 Å². The zero-order chi connectivity index (χ0) is 35.7. The zero-order valence-corrected chi connectivity index (χ0v) is 29.8. The Labute approximate surface area is 310 Å². The summed E-state index contributed by atoms with van der Waals surface area (Å²) in [4.78, 5) is 4.72. The highest BCUT2D eigenvalue weighted by Crippen LogP contribution is 2.49. The largest absolute Gasteiger partial charge is 0.464 e. The van der Waals surface area contributed by atoms with Gasteiger partial charge in [-0.3, -0.25) is 0 Å². The summed E-state index contributed by atoms with van der Waals surface area (Å²) in [5, 5.41) is 4.64. The molecule has 254 valence electrons. The van der Waals surface area contributed by atoms with Crippen LogP contribution in [0.1, 0.15) is 11.1 Å². The van der Waals surface area contributed by atoms with Crippen LogP contribution in [0.2, 0.25) is 0 Å². The van der Waals surface area contributed by atoms with Crippen LogP contribution in [-0.4, -0.2) is 0 Å². The number of benzene rings is 8. The van der Waals surface area contributed by atoms with Crippen molar-refractivity contribution in [1.82, 2.24) is 0 Å². The van der Waals surface area contributed by atoms with Gasteiger partial charge < -0.3 is 14.2 Å². The third kappa shape index (κ3) is 5.92. The molecular formula is C50H38N2O. The summed E-state index contributed by atoms with van der Waals surface area (Å²) in [6, 6.07) is 67.3. The summed E-state index contributed by atoms with van der Waals surface area (Å²) in [6.07, 6.45) is 1.77. The van der Waals surface area contributed by atoms with Gasteiger partial charge in [0.15, 0.2) is 0 Å². The molecule has 0 N–H and O–H groups in total. The number of furan rings is 1. The average Bonchev–Trinajstić information content (AvgIpc) is 3.76. The smallest absolute Gasteiger partial charge is 0.134 e. The van der Waals surface area contributed by atoms with Gasteiger partial charge in [0.25, 0.3) is 0 Å². The van der Waals surface area contributed by atoms with Gasteiger partial charge in [-0.2, -0.15) is 0 Å². The van der Waals surface area contributed by atoms with Gasteiger partial charge in [-0.1, -0.05) is 126 Å².